The maximum Gasteiger partial charge on any atom is 0.305 e. The summed E-state index contributed by atoms with van der Waals surface area (Å²) in [6, 6.07) is 3.55. The van der Waals surface area contributed by atoms with E-state index in [9.17, 15) is 14.5 Å². The average molecular weight is 277 g/mol. The minimum absolute atomic E-state index is 0. The molecule has 0 aliphatic carbocycles. The highest BCUT2D eigenvalue weighted by molar-refractivity contribution is 5.85. The SMILES string of the molecule is CC(C)CC[C@H](N)c1ccc(F)c([N+](=O)[O-])c1.Cl. The molecule has 0 radical (unpaired) electrons. The number of nitrogens with zero attached hydrogens (tertiary/aromatic N) is 1. The van der Waals surface area contributed by atoms with E-state index in [4.69, 9.17) is 5.73 Å². The Hall–Kier alpha value is -1.20. The molecule has 1 atom stereocenters. The maximum absolute atomic E-state index is 13.1. The maximum atomic E-state index is 13.1. The molecule has 0 aliphatic rings. The van der Waals surface area contributed by atoms with Crippen molar-refractivity contribution in [3.8, 4) is 0 Å². The molecule has 0 aromatic heterocycles. The number of hydrogen-bond donors (Lipinski definition) is 1. The summed E-state index contributed by atoms with van der Waals surface area (Å²) in [7, 11) is 0. The molecule has 0 unspecified atom stereocenters. The highest BCUT2D eigenvalue weighted by atomic mass is 35.5. The van der Waals surface area contributed by atoms with E-state index in [1.165, 1.54) is 12.1 Å². The molecule has 0 saturated carbocycles. The zero-order chi connectivity index (χ0) is 13.0. The standard InChI is InChI=1S/C12H17FN2O2.ClH/c1-8(2)3-6-11(14)9-4-5-10(13)12(7-9)15(16)17;/h4-5,7-8,11H,3,6,14H2,1-2H3;1H/t11-;/m0./s1. The van der Waals surface area contributed by atoms with Crippen LogP contribution >= 0.6 is 12.4 Å². The molecule has 0 heterocycles. The van der Waals surface area contributed by atoms with E-state index < -0.39 is 16.4 Å². The van der Waals surface area contributed by atoms with Crippen LogP contribution in [0.5, 0.6) is 0 Å². The van der Waals surface area contributed by atoms with Gasteiger partial charge < -0.3 is 5.73 Å². The minimum Gasteiger partial charge on any atom is -0.324 e. The van der Waals surface area contributed by atoms with Crippen LogP contribution in [0.2, 0.25) is 0 Å². The molecule has 18 heavy (non-hydrogen) atoms. The van der Waals surface area contributed by atoms with Gasteiger partial charge in [-0.15, -0.1) is 12.4 Å². The predicted molar refractivity (Wildman–Crippen MR) is 71.3 cm³/mol. The zero-order valence-corrected chi connectivity index (χ0v) is 11.2. The third-order valence-corrected chi connectivity index (χ3v) is 2.65. The first-order valence-corrected chi connectivity index (χ1v) is 5.61. The Labute approximate surface area is 112 Å². The Morgan fingerprint density at radius 1 is 1.39 bits per heavy atom. The van der Waals surface area contributed by atoms with Crippen molar-refractivity contribution in [2.75, 3.05) is 0 Å². The second-order valence-corrected chi connectivity index (χ2v) is 4.55. The van der Waals surface area contributed by atoms with Gasteiger partial charge >= 0.3 is 5.69 Å². The number of nitro groups is 1. The second kappa shape index (κ2) is 7.28. The van der Waals surface area contributed by atoms with Crippen molar-refractivity contribution in [3.05, 3.63) is 39.7 Å². The lowest BCUT2D eigenvalue weighted by atomic mass is 9.98. The first kappa shape index (κ1) is 16.8. The van der Waals surface area contributed by atoms with Gasteiger partial charge in [0.25, 0.3) is 0 Å². The third kappa shape index (κ3) is 4.58. The largest absolute Gasteiger partial charge is 0.324 e. The molecule has 0 amide bonds. The Kier molecular flexibility index (Phi) is 6.80. The van der Waals surface area contributed by atoms with E-state index in [2.05, 4.69) is 13.8 Å². The van der Waals surface area contributed by atoms with E-state index in [0.717, 1.165) is 18.9 Å². The molecule has 1 rings (SSSR count). The molecule has 4 nitrogen and oxygen atoms in total. The van der Waals surface area contributed by atoms with E-state index in [0.29, 0.717) is 11.5 Å². The zero-order valence-electron chi connectivity index (χ0n) is 10.4. The van der Waals surface area contributed by atoms with Crippen LogP contribution in [0.15, 0.2) is 18.2 Å². The minimum atomic E-state index is -0.824. The van der Waals surface area contributed by atoms with Crippen molar-refractivity contribution in [2.24, 2.45) is 11.7 Å². The number of rotatable bonds is 5. The number of benzene rings is 1. The van der Waals surface area contributed by atoms with Crippen LogP contribution in [0.4, 0.5) is 10.1 Å². The highest BCUT2D eigenvalue weighted by Gasteiger charge is 2.17. The van der Waals surface area contributed by atoms with E-state index >= 15 is 0 Å². The number of halogens is 2. The Morgan fingerprint density at radius 2 is 2.00 bits per heavy atom. The molecule has 0 aliphatic heterocycles. The highest BCUT2D eigenvalue weighted by Crippen LogP contribution is 2.24. The van der Waals surface area contributed by atoms with E-state index in [1.807, 2.05) is 0 Å². The van der Waals surface area contributed by atoms with Gasteiger partial charge in [0.1, 0.15) is 0 Å². The molecule has 1 aromatic carbocycles. The van der Waals surface area contributed by atoms with Crippen LogP contribution in [-0.4, -0.2) is 4.92 Å². The lowest BCUT2D eigenvalue weighted by Gasteiger charge is -2.13. The van der Waals surface area contributed by atoms with Gasteiger partial charge in [0.2, 0.25) is 5.82 Å². The molecule has 0 fully saturated rings. The molecule has 6 heteroatoms. The van der Waals surface area contributed by atoms with Crippen LogP contribution in [0.1, 0.15) is 38.3 Å². The summed E-state index contributed by atoms with van der Waals surface area (Å²) in [5.74, 6) is -0.300. The lowest BCUT2D eigenvalue weighted by Crippen LogP contribution is -2.11. The fourth-order valence-corrected chi connectivity index (χ4v) is 1.58. The van der Waals surface area contributed by atoms with Gasteiger partial charge in [-0.2, -0.15) is 4.39 Å². The van der Waals surface area contributed by atoms with Gasteiger partial charge in [-0.25, -0.2) is 0 Å². The molecule has 0 saturated heterocycles. The Balaban J connectivity index is 0.00000289. The summed E-state index contributed by atoms with van der Waals surface area (Å²) < 4.78 is 13.1. The fourth-order valence-electron chi connectivity index (χ4n) is 1.58. The quantitative estimate of drug-likeness (QED) is 0.660. The first-order valence-electron chi connectivity index (χ1n) is 5.61. The van der Waals surface area contributed by atoms with Crippen molar-refractivity contribution in [1.82, 2.24) is 0 Å². The number of hydrogen-bond acceptors (Lipinski definition) is 3. The normalized spacial score (nSPS) is 12.1. The topological polar surface area (TPSA) is 69.2 Å². The van der Waals surface area contributed by atoms with Crippen LogP contribution < -0.4 is 5.73 Å². The fraction of sp³-hybridized carbons (Fsp3) is 0.500. The molecule has 0 spiro atoms. The molecule has 1 aromatic rings. The van der Waals surface area contributed by atoms with Gasteiger partial charge in [0.15, 0.2) is 0 Å². The summed E-state index contributed by atoms with van der Waals surface area (Å²) in [4.78, 5) is 9.86. The smallest absolute Gasteiger partial charge is 0.305 e. The predicted octanol–water partition coefficient (Wildman–Crippen LogP) is 3.59. The summed E-state index contributed by atoms with van der Waals surface area (Å²) in [5.41, 5.74) is 6.02. The Bertz CT molecular complexity index is 413. The third-order valence-electron chi connectivity index (χ3n) is 2.65. The molecule has 0 bridgehead atoms. The molecular weight excluding hydrogens is 259 g/mol. The van der Waals surface area contributed by atoms with E-state index in [1.54, 1.807) is 0 Å². The first-order chi connectivity index (χ1) is 7.91. The van der Waals surface area contributed by atoms with Gasteiger partial charge in [0, 0.05) is 12.1 Å². The molecule has 102 valence electrons. The van der Waals surface area contributed by atoms with Crippen molar-refractivity contribution in [1.29, 1.82) is 0 Å². The van der Waals surface area contributed by atoms with Gasteiger partial charge in [0.05, 0.1) is 4.92 Å². The van der Waals surface area contributed by atoms with Crippen molar-refractivity contribution < 1.29 is 9.31 Å². The van der Waals surface area contributed by atoms with Crippen molar-refractivity contribution in [3.63, 3.8) is 0 Å². The Morgan fingerprint density at radius 3 is 2.50 bits per heavy atom. The van der Waals surface area contributed by atoms with Crippen LogP contribution in [-0.2, 0) is 0 Å². The molecule has 2 N–H and O–H groups in total. The monoisotopic (exact) mass is 276 g/mol. The van der Waals surface area contributed by atoms with Crippen LogP contribution in [0.25, 0.3) is 0 Å². The summed E-state index contributed by atoms with van der Waals surface area (Å²) in [5, 5.41) is 10.6. The van der Waals surface area contributed by atoms with Crippen molar-refractivity contribution >= 4 is 18.1 Å². The number of nitro benzene ring substituents is 1. The van der Waals surface area contributed by atoms with E-state index in [-0.39, 0.29) is 18.4 Å². The summed E-state index contributed by atoms with van der Waals surface area (Å²) in [6.07, 6.45) is 1.67. The van der Waals surface area contributed by atoms with Gasteiger partial charge in [-0.1, -0.05) is 19.9 Å². The average Bonchev–Trinajstić information content (AvgIpc) is 2.26. The summed E-state index contributed by atoms with van der Waals surface area (Å²) >= 11 is 0. The van der Waals surface area contributed by atoms with Crippen LogP contribution in [0, 0.1) is 21.8 Å². The lowest BCUT2D eigenvalue weighted by molar-refractivity contribution is -0.387. The van der Waals surface area contributed by atoms with Gasteiger partial charge in [-0.05, 0) is 30.4 Å². The number of nitrogens with two attached hydrogens (primary N) is 1. The van der Waals surface area contributed by atoms with Crippen molar-refractivity contribution in [2.45, 2.75) is 32.7 Å². The summed E-state index contributed by atoms with van der Waals surface area (Å²) in [6.45, 7) is 4.17. The second-order valence-electron chi connectivity index (χ2n) is 4.55. The molecular formula is C12H18ClFN2O2. The van der Waals surface area contributed by atoms with Gasteiger partial charge in [-0.3, -0.25) is 10.1 Å². The van der Waals surface area contributed by atoms with Crippen LogP contribution in [0.3, 0.4) is 0 Å².